The molecule has 0 radical (unpaired) electrons. The lowest BCUT2D eigenvalue weighted by Gasteiger charge is -2.35. The fourth-order valence-electron chi connectivity index (χ4n) is 4.54. The number of carbonyl (C=O) groups excluding carboxylic acids is 2. The highest BCUT2D eigenvalue weighted by Gasteiger charge is 2.31. The Morgan fingerprint density at radius 1 is 0.719 bits per heavy atom. The smallest absolute Gasteiger partial charge is 0.229 e. The van der Waals surface area contributed by atoms with E-state index in [2.05, 4.69) is 15.1 Å². The van der Waals surface area contributed by atoms with Crippen LogP contribution in [0, 0.1) is 0 Å². The van der Waals surface area contributed by atoms with Gasteiger partial charge in [0.25, 0.3) is 0 Å². The molecule has 0 N–H and O–H groups in total. The van der Waals surface area contributed by atoms with Gasteiger partial charge in [0.1, 0.15) is 0 Å². The molecule has 0 aliphatic carbocycles. The monoisotopic (exact) mass is 464 g/mol. The molecule has 10 nitrogen and oxygen atoms in total. The van der Waals surface area contributed by atoms with E-state index in [0.717, 1.165) is 29.6 Å². The van der Waals surface area contributed by atoms with Crippen molar-refractivity contribution in [1.29, 1.82) is 0 Å². The van der Waals surface area contributed by atoms with Crippen LogP contribution in [0.25, 0.3) is 0 Å². The Bertz CT molecular complexity index is 891. The number of imide groups is 1. The molecule has 3 aliphatic heterocycles. The fraction of sp³-hybridized carbons (Fsp3) is 0.714. The zero-order valence-electron chi connectivity index (χ0n) is 18.5. The van der Waals surface area contributed by atoms with Gasteiger partial charge in [0.05, 0.1) is 5.75 Å². The van der Waals surface area contributed by atoms with E-state index >= 15 is 0 Å². The molecule has 0 saturated carbocycles. The lowest BCUT2D eigenvalue weighted by atomic mass is 10.1. The summed E-state index contributed by atoms with van der Waals surface area (Å²) in [7, 11) is -3.54. The third-order valence-electron chi connectivity index (χ3n) is 6.48. The van der Waals surface area contributed by atoms with E-state index in [4.69, 9.17) is 0 Å². The number of aromatic nitrogens is 2. The lowest BCUT2D eigenvalue weighted by Crippen LogP contribution is -2.51. The van der Waals surface area contributed by atoms with Gasteiger partial charge >= 0.3 is 0 Å². The zero-order chi connectivity index (χ0) is 22.6. The van der Waals surface area contributed by atoms with Crippen molar-refractivity contribution in [2.75, 3.05) is 61.4 Å². The second kappa shape index (κ2) is 10.1. The number of piperazine rings is 1. The van der Waals surface area contributed by atoms with Crippen LogP contribution in [0.15, 0.2) is 12.1 Å². The maximum atomic E-state index is 12.8. The van der Waals surface area contributed by atoms with Crippen molar-refractivity contribution >= 4 is 33.5 Å². The van der Waals surface area contributed by atoms with Crippen LogP contribution in [0.3, 0.4) is 0 Å². The molecule has 0 spiro atoms. The summed E-state index contributed by atoms with van der Waals surface area (Å²) in [4.78, 5) is 29.3. The zero-order valence-corrected chi connectivity index (χ0v) is 19.3. The molecule has 0 bridgehead atoms. The van der Waals surface area contributed by atoms with E-state index in [-0.39, 0.29) is 24.1 Å². The maximum Gasteiger partial charge on any atom is 0.229 e. The highest BCUT2D eigenvalue weighted by molar-refractivity contribution is 7.89. The van der Waals surface area contributed by atoms with Crippen LogP contribution in [-0.2, 0) is 19.6 Å². The molecule has 32 heavy (non-hydrogen) atoms. The van der Waals surface area contributed by atoms with E-state index in [1.54, 1.807) is 0 Å². The van der Waals surface area contributed by atoms with Gasteiger partial charge in [-0.25, -0.2) is 8.42 Å². The van der Waals surface area contributed by atoms with E-state index in [9.17, 15) is 18.0 Å². The number of rotatable bonds is 6. The van der Waals surface area contributed by atoms with Gasteiger partial charge in [-0.1, -0.05) is 12.8 Å². The fourth-order valence-corrected chi connectivity index (χ4v) is 5.93. The van der Waals surface area contributed by atoms with Crippen LogP contribution >= 0.6 is 0 Å². The van der Waals surface area contributed by atoms with Gasteiger partial charge < -0.3 is 9.80 Å². The summed E-state index contributed by atoms with van der Waals surface area (Å²) in [5, 5.41) is 8.81. The predicted molar refractivity (Wildman–Crippen MR) is 121 cm³/mol. The van der Waals surface area contributed by atoms with Crippen LogP contribution in [0.2, 0.25) is 0 Å². The quantitative estimate of drug-likeness (QED) is 0.571. The second-order valence-electron chi connectivity index (χ2n) is 8.65. The number of sulfonamides is 1. The van der Waals surface area contributed by atoms with E-state index in [1.165, 1.54) is 30.0 Å². The average Bonchev–Trinajstić information content (AvgIpc) is 3.09. The molecule has 4 heterocycles. The Morgan fingerprint density at radius 3 is 1.78 bits per heavy atom. The predicted octanol–water partition coefficient (Wildman–Crippen LogP) is 0.848. The summed E-state index contributed by atoms with van der Waals surface area (Å²) in [6.07, 6.45) is 6.05. The first-order valence-corrected chi connectivity index (χ1v) is 13.2. The Labute approximate surface area is 189 Å². The first-order valence-electron chi connectivity index (χ1n) is 11.6. The van der Waals surface area contributed by atoms with Crippen LogP contribution in [0.4, 0.5) is 11.6 Å². The summed E-state index contributed by atoms with van der Waals surface area (Å²) in [5.41, 5.74) is 0. The van der Waals surface area contributed by atoms with Gasteiger partial charge in [-0.2, -0.15) is 4.31 Å². The lowest BCUT2D eigenvalue weighted by molar-refractivity contribution is -0.147. The average molecular weight is 465 g/mol. The molecule has 3 aliphatic rings. The summed E-state index contributed by atoms with van der Waals surface area (Å²) < 4.78 is 27.0. The number of likely N-dealkylation sites (tertiary alicyclic amines) is 1. The number of carbonyl (C=O) groups is 2. The molecule has 4 rings (SSSR count). The van der Waals surface area contributed by atoms with Crippen LogP contribution < -0.4 is 9.80 Å². The third kappa shape index (κ3) is 5.37. The molecule has 0 aromatic carbocycles. The highest BCUT2D eigenvalue weighted by atomic mass is 32.2. The molecule has 2 amide bonds. The van der Waals surface area contributed by atoms with Crippen molar-refractivity contribution in [1.82, 2.24) is 19.4 Å². The van der Waals surface area contributed by atoms with E-state index in [1.807, 2.05) is 17.0 Å². The molecule has 11 heteroatoms. The molecule has 3 saturated heterocycles. The van der Waals surface area contributed by atoms with Crippen LogP contribution in [-0.4, -0.2) is 91.2 Å². The van der Waals surface area contributed by atoms with Crippen LogP contribution in [0.1, 0.15) is 44.9 Å². The normalized spacial score (nSPS) is 21.7. The SMILES string of the molecule is O=C1CCCC(=O)N1CCS(=O)(=O)N1CCN(c2ccc(N3CCCCCC3)nn2)CC1. The minimum Gasteiger partial charge on any atom is -0.355 e. The van der Waals surface area contributed by atoms with Gasteiger partial charge in [0.15, 0.2) is 11.6 Å². The van der Waals surface area contributed by atoms with Gasteiger partial charge in [-0.05, 0) is 31.4 Å². The number of anilines is 2. The first kappa shape index (κ1) is 22.9. The van der Waals surface area contributed by atoms with Crippen molar-refractivity contribution in [3.63, 3.8) is 0 Å². The molecule has 1 aromatic heterocycles. The number of piperidine rings is 1. The molecular weight excluding hydrogens is 432 g/mol. The second-order valence-corrected chi connectivity index (χ2v) is 10.7. The maximum absolute atomic E-state index is 12.8. The molecule has 3 fully saturated rings. The van der Waals surface area contributed by atoms with Crippen molar-refractivity contribution < 1.29 is 18.0 Å². The number of nitrogens with zero attached hydrogens (tertiary/aromatic N) is 6. The Kier molecular flexibility index (Phi) is 7.24. The van der Waals surface area contributed by atoms with Gasteiger partial charge in [0, 0.05) is 58.7 Å². The minimum absolute atomic E-state index is 0.0658. The molecular formula is C21H32N6O4S. The van der Waals surface area contributed by atoms with Gasteiger partial charge in [-0.3, -0.25) is 14.5 Å². The molecule has 176 valence electrons. The topological polar surface area (TPSA) is 107 Å². The Morgan fingerprint density at radius 2 is 1.25 bits per heavy atom. The van der Waals surface area contributed by atoms with Crippen molar-refractivity contribution in [2.24, 2.45) is 0 Å². The molecule has 0 unspecified atom stereocenters. The molecule has 0 atom stereocenters. The van der Waals surface area contributed by atoms with Crippen LogP contribution in [0.5, 0.6) is 0 Å². The summed E-state index contributed by atoms with van der Waals surface area (Å²) in [6.45, 7) is 3.71. The largest absolute Gasteiger partial charge is 0.355 e. The standard InChI is InChI=1S/C21H32N6O4S/c28-20-6-5-7-21(29)27(20)16-17-32(30,31)26-14-12-25(13-15-26)19-9-8-18(22-23-19)24-10-3-1-2-4-11-24/h8-9H,1-7,10-17H2. The highest BCUT2D eigenvalue weighted by Crippen LogP contribution is 2.20. The van der Waals surface area contributed by atoms with Crippen molar-refractivity contribution in [3.05, 3.63) is 12.1 Å². The first-order chi connectivity index (χ1) is 15.4. The summed E-state index contributed by atoms with van der Waals surface area (Å²) >= 11 is 0. The molecule has 1 aromatic rings. The Balaban J connectivity index is 1.29. The van der Waals surface area contributed by atoms with Crippen molar-refractivity contribution in [3.8, 4) is 0 Å². The van der Waals surface area contributed by atoms with Gasteiger partial charge in [-0.15, -0.1) is 10.2 Å². The summed E-state index contributed by atoms with van der Waals surface area (Å²) in [5.74, 6) is 0.880. The van der Waals surface area contributed by atoms with Gasteiger partial charge in [0.2, 0.25) is 21.8 Å². The third-order valence-corrected chi connectivity index (χ3v) is 8.33. The van der Waals surface area contributed by atoms with E-state index < -0.39 is 10.0 Å². The number of hydrogen-bond donors (Lipinski definition) is 0. The Hall–Kier alpha value is -2.27. The summed E-state index contributed by atoms with van der Waals surface area (Å²) in [6, 6.07) is 3.97. The minimum atomic E-state index is -3.54. The van der Waals surface area contributed by atoms with E-state index in [0.29, 0.717) is 45.4 Å². The number of amides is 2. The number of hydrogen-bond acceptors (Lipinski definition) is 8. The van der Waals surface area contributed by atoms with Crippen molar-refractivity contribution in [2.45, 2.75) is 44.9 Å².